The number of nitrogens with zero attached hydrogens (tertiary/aromatic N) is 1. The van der Waals surface area contributed by atoms with E-state index in [9.17, 15) is 9.65 Å². The number of halogens is 1. The number of nitriles is 1. The molecule has 0 aromatic heterocycles. The Balaban J connectivity index is 1.58. The van der Waals surface area contributed by atoms with Crippen molar-refractivity contribution in [1.82, 2.24) is 5.32 Å². The lowest BCUT2D eigenvalue weighted by atomic mass is 9.62. The van der Waals surface area contributed by atoms with E-state index in [4.69, 9.17) is 0 Å². The van der Waals surface area contributed by atoms with Crippen molar-refractivity contribution in [2.24, 2.45) is 0 Å². The molecule has 2 aromatic rings. The van der Waals surface area contributed by atoms with Gasteiger partial charge in [-0.2, -0.15) is 5.26 Å². The van der Waals surface area contributed by atoms with Crippen molar-refractivity contribution < 1.29 is 4.39 Å². The average molecular weight is 280 g/mol. The molecular formula is C18H17FN2. The van der Waals surface area contributed by atoms with E-state index >= 15 is 0 Å². The molecule has 0 heterocycles. The van der Waals surface area contributed by atoms with Crippen LogP contribution in [0.2, 0.25) is 0 Å². The molecule has 1 fully saturated rings. The third-order valence-electron chi connectivity index (χ3n) is 4.24. The highest BCUT2D eigenvalue weighted by molar-refractivity contribution is 5.37. The summed E-state index contributed by atoms with van der Waals surface area (Å²) < 4.78 is 12.8. The van der Waals surface area contributed by atoms with Gasteiger partial charge in [0.2, 0.25) is 0 Å². The molecule has 3 rings (SSSR count). The predicted molar refractivity (Wildman–Crippen MR) is 80.0 cm³/mol. The van der Waals surface area contributed by atoms with E-state index in [0.717, 1.165) is 24.0 Å². The van der Waals surface area contributed by atoms with Crippen LogP contribution in [0, 0.1) is 17.1 Å². The van der Waals surface area contributed by atoms with Crippen LogP contribution in [-0.2, 0) is 12.0 Å². The van der Waals surface area contributed by atoms with Gasteiger partial charge < -0.3 is 5.32 Å². The van der Waals surface area contributed by atoms with Crippen molar-refractivity contribution in [1.29, 1.82) is 5.26 Å². The first kappa shape index (κ1) is 13.8. The minimum atomic E-state index is -0.346. The van der Waals surface area contributed by atoms with Crippen LogP contribution in [0.1, 0.15) is 24.0 Å². The van der Waals surface area contributed by atoms with Crippen molar-refractivity contribution in [3.8, 4) is 6.07 Å². The van der Waals surface area contributed by atoms with E-state index in [1.54, 1.807) is 12.1 Å². The monoisotopic (exact) mass is 280 g/mol. The second-order valence-electron chi connectivity index (χ2n) is 5.67. The van der Waals surface area contributed by atoms with Crippen LogP contribution in [0.4, 0.5) is 4.39 Å². The minimum absolute atomic E-state index is 0.213. The van der Waals surface area contributed by atoms with Crippen LogP contribution in [0.25, 0.3) is 0 Å². The zero-order valence-corrected chi connectivity index (χ0v) is 11.7. The molecule has 21 heavy (non-hydrogen) atoms. The van der Waals surface area contributed by atoms with Gasteiger partial charge in [-0.3, -0.25) is 0 Å². The van der Waals surface area contributed by atoms with Crippen LogP contribution in [0.5, 0.6) is 0 Å². The Bertz CT molecular complexity index is 637. The Kier molecular flexibility index (Phi) is 3.72. The van der Waals surface area contributed by atoms with Gasteiger partial charge in [0.15, 0.2) is 0 Å². The molecule has 0 bridgehead atoms. The van der Waals surface area contributed by atoms with E-state index in [2.05, 4.69) is 11.4 Å². The predicted octanol–water partition coefficient (Wildman–Crippen LogP) is 3.54. The topological polar surface area (TPSA) is 35.8 Å². The van der Waals surface area contributed by atoms with E-state index in [0.29, 0.717) is 12.6 Å². The minimum Gasteiger partial charge on any atom is -0.310 e. The highest BCUT2D eigenvalue weighted by Gasteiger charge is 2.45. The van der Waals surface area contributed by atoms with Gasteiger partial charge in [0.05, 0.1) is 11.5 Å². The lowest BCUT2D eigenvalue weighted by Crippen LogP contribution is -2.50. The molecule has 2 aromatic carbocycles. The molecule has 2 nitrogen and oxygen atoms in total. The molecule has 0 radical (unpaired) electrons. The van der Waals surface area contributed by atoms with Crippen LogP contribution in [-0.4, -0.2) is 6.04 Å². The molecule has 1 N–H and O–H groups in total. The van der Waals surface area contributed by atoms with Crippen LogP contribution < -0.4 is 5.32 Å². The summed E-state index contributed by atoms with van der Waals surface area (Å²) in [5.74, 6) is -0.213. The Labute approximate surface area is 124 Å². The summed E-state index contributed by atoms with van der Waals surface area (Å²) in [6.45, 7) is 0.710. The molecule has 0 saturated heterocycles. The third kappa shape index (κ3) is 2.81. The molecule has 1 saturated carbocycles. The molecule has 3 heteroatoms. The fraction of sp³-hybridized carbons (Fsp3) is 0.278. The van der Waals surface area contributed by atoms with Gasteiger partial charge >= 0.3 is 0 Å². The number of hydrogen-bond acceptors (Lipinski definition) is 2. The summed E-state index contributed by atoms with van der Waals surface area (Å²) in [6, 6.07) is 19.3. The van der Waals surface area contributed by atoms with Crippen LogP contribution >= 0.6 is 0 Å². The maximum Gasteiger partial charge on any atom is 0.123 e. The first-order chi connectivity index (χ1) is 10.2. The van der Waals surface area contributed by atoms with E-state index in [1.807, 2.05) is 30.3 Å². The quantitative estimate of drug-likeness (QED) is 0.930. The summed E-state index contributed by atoms with van der Waals surface area (Å²) in [5.41, 5.74) is 1.82. The molecule has 0 aliphatic heterocycles. The molecule has 0 atom stereocenters. The first-order valence-corrected chi connectivity index (χ1v) is 7.16. The third-order valence-corrected chi connectivity index (χ3v) is 4.24. The lowest BCUT2D eigenvalue weighted by Gasteiger charge is -2.43. The molecule has 0 amide bonds. The van der Waals surface area contributed by atoms with Crippen molar-refractivity contribution in [2.45, 2.75) is 30.8 Å². The van der Waals surface area contributed by atoms with Gasteiger partial charge in [0.25, 0.3) is 0 Å². The van der Waals surface area contributed by atoms with Crippen molar-refractivity contribution >= 4 is 0 Å². The molecular weight excluding hydrogens is 263 g/mol. The molecule has 106 valence electrons. The SMILES string of the molecule is N#CC1(c2ccccc2)CC(NCc2ccc(F)cc2)C1. The molecule has 1 aliphatic carbocycles. The summed E-state index contributed by atoms with van der Waals surface area (Å²) >= 11 is 0. The lowest BCUT2D eigenvalue weighted by molar-refractivity contribution is 0.225. The van der Waals surface area contributed by atoms with Crippen molar-refractivity contribution in [3.63, 3.8) is 0 Å². The maximum absolute atomic E-state index is 12.8. The zero-order chi connectivity index (χ0) is 14.7. The van der Waals surface area contributed by atoms with Gasteiger partial charge in [-0.05, 0) is 36.1 Å². The molecule has 0 unspecified atom stereocenters. The standard InChI is InChI=1S/C18H17FN2/c19-16-8-6-14(7-9-16)12-21-17-10-18(11-17,13-20)15-4-2-1-3-5-15/h1-9,17,21H,10-12H2. The normalized spacial score (nSPS) is 24.1. The summed E-state index contributed by atoms with van der Waals surface area (Å²) in [4.78, 5) is 0. The van der Waals surface area contributed by atoms with Crippen molar-refractivity contribution in [2.75, 3.05) is 0 Å². The number of rotatable bonds is 4. The fourth-order valence-electron chi connectivity index (χ4n) is 2.94. The number of benzene rings is 2. The molecule has 1 aliphatic rings. The highest BCUT2D eigenvalue weighted by atomic mass is 19.1. The smallest absolute Gasteiger partial charge is 0.123 e. The number of nitrogens with one attached hydrogen (secondary N) is 1. The summed E-state index contributed by atoms with van der Waals surface area (Å²) in [7, 11) is 0. The van der Waals surface area contributed by atoms with Gasteiger partial charge in [0, 0.05) is 12.6 Å². The van der Waals surface area contributed by atoms with Gasteiger partial charge in [-0.1, -0.05) is 42.5 Å². The van der Waals surface area contributed by atoms with Crippen molar-refractivity contribution in [3.05, 3.63) is 71.5 Å². The second kappa shape index (κ2) is 5.67. The summed E-state index contributed by atoms with van der Waals surface area (Å²) in [5, 5.41) is 12.9. The zero-order valence-electron chi connectivity index (χ0n) is 11.7. The van der Waals surface area contributed by atoms with Gasteiger partial charge in [0.1, 0.15) is 5.82 Å². The average Bonchev–Trinajstić information content (AvgIpc) is 2.49. The highest BCUT2D eigenvalue weighted by Crippen LogP contribution is 2.43. The van der Waals surface area contributed by atoms with Gasteiger partial charge in [-0.15, -0.1) is 0 Å². The van der Waals surface area contributed by atoms with E-state index in [-0.39, 0.29) is 11.2 Å². The molecule has 0 spiro atoms. The van der Waals surface area contributed by atoms with Gasteiger partial charge in [-0.25, -0.2) is 4.39 Å². The van der Waals surface area contributed by atoms with E-state index in [1.165, 1.54) is 12.1 Å². The fourth-order valence-corrected chi connectivity index (χ4v) is 2.94. The maximum atomic E-state index is 12.8. The Morgan fingerprint density at radius 3 is 2.38 bits per heavy atom. The Hall–Kier alpha value is -2.18. The summed E-state index contributed by atoms with van der Waals surface area (Å²) in [6.07, 6.45) is 1.66. The first-order valence-electron chi connectivity index (χ1n) is 7.16. The Morgan fingerprint density at radius 1 is 1.10 bits per heavy atom. The number of hydrogen-bond donors (Lipinski definition) is 1. The van der Waals surface area contributed by atoms with E-state index < -0.39 is 0 Å². The largest absolute Gasteiger partial charge is 0.310 e. The van der Waals surface area contributed by atoms with Crippen LogP contribution in [0.3, 0.4) is 0 Å². The van der Waals surface area contributed by atoms with Crippen LogP contribution in [0.15, 0.2) is 54.6 Å². The Morgan fingerprint density at radius 2 is 1.76 bits per heavy atom. The second-order valence-corrected chi connectivity index (χ2v) is 5.67.